The Kier molecular flexibility index (Phi) is 3.29. The second-order valence-electron chi connectivity index (χ2n) is 4.27. The van der Waals surface area contributed by atoms with Crippen LogP contribution in [-0.2, 0) is 15.1 Å². The van der Waals surface area contributed by atoms with Gasteiger partial charge >= 0.3 is 5.97 Å². The Balaban J connectivity index is 2.46. The van der Waals surface area contributed by atoms with E-state index in [-0.39, 0.29) is 5.92 Å². The quantitative estimate of drug-likeness (QED) is 0.595. The minimum absolute atomic E-state index is 0.308. The number of benzene rings is 1. The lowest BCUT2D eigenvalue weighted by Gasteiger charge is -2.31. The first-order valence-corrected chi connectivity index (χ1v) is 5.77. The topological polar surface area (TPSA) is 46.5 Å². The summed E-state index contributed by atoms with van der Waals surface area (Å²) in [5, 5.41) is 10.7. The van der Waals surface area contributed by atoms with Crippen LogP contribution in [0.1, 0.15) is 18.9 Å². The Labute approximate surface area is 101 Å². The molecule has 2 rings (SSSR count). The first-order valence-electron chi connectivity index (χ1n) is 5.77. The second kappa shape index (κ2) is 4.72. The number of carbonyl (C=O) groups excluding carboxylic acids is 1. The lowest BCUT2D eigenvalue weighted by Crippen LogP contribution is -2.43. The highest BCUT2D eigenvalue weighted by Gasteiger charge is 2.44. The summed E-state index contributed by atoms with van der Waals surface area (Å²) in [4.78, 5) is 12.0. The molecule has 2 atom stereocenters. The van der Waals surface area contributed by atoms with Gasteiger partial charge in [-0.1, -0.05) is 49.4 Å². The Hall–Kier alpha value is -1.61. The number of hydrogen-bond donors (Lipinski definition) is 1. The molecule has 0 saturated heterocycles. The molecule has 0 saturated carbocycles. The van der Waals surface area contributed by atoms with E-state index in [2.05, 4.69) is 0 Å². The fourth-order valence-electron chi connectivity index (χ4n) is 2.03. The summed E-state index contributed by atoms with van der Waals surface area (Å²) in [6, 6.07) is 8.94. The van der Waals surface area contributed by atoms with E-state index in [1.807, 2.05) is 25.1 Å². The molecule has 1 heterocycles. The fraction of sp³-hybridized carbons (Fsp3) is 0.357. The van der Waals surface area contributed by atoms with Crippen LogP contribution >= 0.6 is 0 Å². The zero-order valence-corrected chi connectivity index (χ0v) is 9.80. The number of carbonyl (C=O) groups is 1. The Morgan fingerprint density at radius 1 is 1.35 bits per heavy atom. The summed E-state index contributed by atoms with van der Waals surface area (Å²) in [7, 11) is 0. The first kappa shape index (κ1) is 11.9. The van der Waals surface area contributed by atoms with Gasteiger partial charge in [0.15, 0.2) is 5.60 Å². The summed E-state index contributed by atoms with van der Waals surface area (Å²) in [6.07, 6.45) is 4.50. The lowest BCUT2D eigenvalue weighted by molar-refractivity contribution is -0.171. The van der Waals surface area contributed by atoms with Crippen LogP contribution in [0.15, 0.2) is 42.5 Å². The molecule has 1 aromatic rings. The molecule has 0 spiro atoms. The number of ether oxygens (including phenoxy) is 1. The molecule has 2 unspecified atom stereocenters. The molecular formula is C14H16O3. The van der Waals surface area contributed by atoms with Crippen LogP contribution in [0.3, 0.4) is 0 Å². The van der Waals surface area contributed by atoms with Gasteiger partial charge in [-0.05, 0) is 12.0 Å². The van der Waals surface area contributed by atoms with Crippen molar-refractivity contribution in [2.45, 2.75) is 18.9 Å². The third-order valence-electron chi connectivity index (χ3n) is 3.13. The van der Waals surface area contributed by atoms with Gasteiger partial charge in [0, 0.05) is 5.92 Å². The molecule has 0 radical (unpaired) electrons. The number of esters is 1. The highest BCUT2D eigenvalue weighted by Crippen LogP contribution is 2.33. The molecule has 3 nitrogen and oxygen atoms in total. The van der Waals surface area contributed by atoms with E-state index >= 15 is 0 Å². The second-order valence-corrected chi connectivity index (χ2v) is 4.27. The number of cyclic esters (lactones) is 1. The first-order chi connectivity index (χ1) is 8.15. The summed E-state index contributed by atoms with van der Waals surface area (Å²) < 4.78 is 5.08. The third kappa shape index (κ3) is 2.11. The fourth-order valence-corrected chi connectivity index (χ4v) is 2.03. The van der Waals surface area contributed by atoms with Crippen molar-refractivity contribution < 1.29 is 14.6 Å². The van der Waals surface area contributed by atoms with Gasteiger partial charge in [-0.15, -0.1) is 0 Å². The lowest BCUT2D eigenvalue weighted by atomic mass is 9.81. The summed E-state index contributed by atoms with van der Waals surface area (Å²) in [5.41, 5.74) is -1.01. The molecule has 90 valence electrons. The zero-order chi connectivity index (χ0) is 12.3. The number of aliphatic hydroxyl groups is 1. The maximum Gasteiger partial charge on any atom is 0.343 e. The Bertz CT molecular complexity index is 424. The molecule has 0 aromatic heterocycles. The van der Waals surface area contributed by atoms with Crippen LogP contribution in [0.25, 0.3) is 0 Å². The van der Waals surface area contributed by atoms with Gasteiger partial charge in [0.25, 0.3) is 0 Å². The van der Waals surface area contributed by atoms with Crippen LogP contribution in [0.5, 0.6) is 0 Å². The molecule has 1 aliphatic heterocycles. The van der Waals surface area contributed by atoms with E-state index in [1.54, 1.807) is 24.3 Å². The van der Waals surface area contributed by atoms with Gasteiger partial charge in [-0.3, -0.25) is 0 Å². The van der Waals surface area contributed by atoms with E-state index in [9.17, 15) is 9.90 Å². The van der Waals surface area contributed by atoms with Gasteiger partial charge in [0.2, 0.25) is 0 Å². The van der Waals surface area contributed by atoms with Crippen LogP contribution in [0.4, 0.5) is 0 Å². The molecule has 3 heteroatoms. The maximum absolute atomic E-state index is 12.0. The largest absolute Gasteiger partial charge is 0.463 e. The molecular weight excluding hydrogens is 216 g/mol. The van der Waals surface area contributed by atoms with Gasteiger partial charge in [-0.2, -0.15) is 0 Å². The van der Waals surface area contributed by atoms with Crippen LogP contribution < -0.4 is 0 Å². The van der Waals surface area contributed by atoms with Crippen molar-refractivity contribution in [2.24, 2.45) is 5.92 Å². The predicted molar refractivity (Wildman–Crippen MR) is 64.2 cm³/mol. The molecule has 1 N–H and O–H groups in total. The van der Waals surface area contributed by atoms with Crippen molar-refractivity contribution in [3.63, 3.8) is 0 Å². The number of rotatable bonds is 1. The van der Waals surface area contributed by atoms with E-state index in [1.165, 1.54) is 0 Å². The van der Waals surface area contributed by atoms with Crippen LogP contribution in [0, 0.1) is 5.92 Å². The van der Waals surface area contributed by atoms with Crippen LogP contribution in [0.2, 0.25) is 0 Å². The van der Waals surface area contributed by atoms with Crippen LogP contribution in [-0.4, -0.2) is 17.7 Å². The van der Waals surface area contributed by atoms with Crippen molar-refractivity contribution >= 4 is 5.97 Å². The molecule has 0 aliphatic carbocycles. The molecule has 17 heavy (non-hydrogen) atoms. The molecule has 0 amide bonds. The van der Waals surface area contributed by atoms with E-state index in [0.29, 0.717) is 18.6 Å². The summed E-state index contributed by atoms with van der Waals surface area (Å²) in [6.45, 7) is 2.13. The predicted octanol–water partition coefficient (Wildman–Crippen LogP) is 2.01. The minimum Gasteiger partial charge on any atom is -0.463 e. The number of hydrogen-bond acceptors (Lipinski definition) is 3. The van der Waals surface area contributed by atoms with Crippen molar-refractivity contribution in [3.8, 4) is 0 Å². The smallest absolute Gasteiger partial charge is 0.343 e. The third-order valence-corrected chi connectivity index (χ3v) is 3.13. The van der Waals surface area contributed by atoms with Gasteiger partial charge in [0.1, 0.15) is 0 Å². The van der Waals surface area contributed by atoms with Gasteiger partial charge < -0.3 is 9.84 Å². The zero-order valence-electron chi connectivity index (χ0n) is 9.80. The average molecular weight is 232 g/mol. The molecule has 1 aliphatic rings. The van der Waals surface area contributed by atoms with E-state index in [4.69, 9.17) is 4.74 Å². The maximum atomic E-state index is 12.0. The van der Waals surface area contributed by atoms with Crippen molar-refractivity contribution in [3.05, 3.63) is 48.0 Å². The molecule has 0 fully saturated rings. The minimum atomic E-state index is -1.59. The Morgan fingerprint density at radius 3 is 2.76 bits per heavy atom. The molecule has 0 bridgehead atoms. The Morgan fingerprint density at radius 2 is 2.06 bits per heavy atom. The van der Waals surface area contributed by atoms with Gasteiger partial charge in [0.05, 0.1) is 6.61 Å². The van der Waals surface area contributed by atoms with Gasteiger partial charge in [-0.25, -0.2) is 4.79 Å². The van der Waals surface area contributed by atoms with E-state index in [0.717, 1.165) is 0 Å². The van der Waals surface area contributed by atoms with Crippen molar-refractivity contribution in [2.75, 3.05) is 6.61 Å². The summed E-state index contributed by atoms with van der Waals surface area (Å²) >= 11 is 0. The van der Waals surface area contributed by atoms with E-state index < -0.39 is 11.6 Å². The standard InChI is InChI=1S/C14H16O3/c1-11-7-5-6-10-17-13(15)14(11,16)12-8-3-2-4-9-12/h2-5,7-9,11,16H,6,10H2,1H3/b7-5-. The average Bonchev–Trinajstić information content (AvgIpc) is 2.36. The SMILES string of the molecule is CC1/C=C\CCOC(=O)C1(O)c1ccccc1. The highest BCUT2D eigenvalue weighted by atomic mass is 16.5. The monoisotopic (exact) mass is 232 g/mol. The normalized spacial score (nSPS) is 31.2. The molecule has 1 aromatic carbocycles. The van der Waals surface area contributed by atoms with Crippen molar-refractivity contribution in [1.29, 1.82) is 0 Å². The van der Waals surface area contributed by atoms with Crippen molar-refractivity contribution in [1.82, 2.24) is 0 Å². The summed E-state index contributed by atoms with van der Waals surface area (Å²) in [5.74, 6) is -0.877. The highest BCUT2D eigenvalue weighted by molar-refractivity contribution is 5.82.